The summed E-state index contributed by atoms with van der Waals surface area (Å²) in [4.78, 5) is 0. The van der Waals surface area contributed by atoms with Crippen molar-refractivity contribution >= 4 is 0 Å². The van der Waals surface area contributed by atoms with Crippen molar-refractivity contribution in [3.8, 4) is 0 Å². The monoisotopic (exact) mass is 141 g/mol. The summed E-state index contributed by atoms with van der Waals surface area (Å²) in [6.07, 6.45) is 2.73. The minimum atomic E-state index is 0.524. The molecule has 1 rings (SSSR count). The minimum absolute atomic E-state index is 0.524. The van der Waals surface area contributed by atoms with Gasteiger partial charge < -0.3 is 5.32 Å². The molecule has 1 N–H and O–H groups in total. The second kappa shape index (κ2) is 2.91. The first-order chi connectivity index (χ1) is 4.60. The molecule has 0 amide bonds. The Bertz CT molecular complexity index is 107. The summed E-state index contributed by atoms with van der Waals surface area (Å²) in [7, 11) is 0. The molecule has 1 saturated heterocycles. The molecule has 0 bridgehead atoms. The van der Waals surface area contributed by atoms with E-state index < -0.39 is 0 Å². The van der Waals surface area contributed by atoms with Gasteiger partial charge in [-0.05, 0) is 30.7 Å². The fourth-order valence-corrected chi connectivity index (χ4v) is 1.89. The van der Waals surface area contributed by atoms with Gasteiger partial charge in [-0.3, -0.25) is 0 Å². The van der Waals surface area contributed by atoms with Crippen molar-refractivity contribution in [2.45, 2.75) is 33.6 Å². The van der Waals surface area contributed by atoms with Crippen LogP contribution in [0, 0.1) is 11.3 Å². The third kappa shape index (κ3) is 2.30. The predicted molar refractivity (Wildman–Crippen MR) is 45.0 cm³/mol. The summed E-state index contributed by atoms with van der Waals surface area (Å²) in [5.74, 6) is 0.907. The molecule has 1 atom stereocenters. The standard InChI is InChI=1S/C9H19N/c1-8-4-5-10-7-9(2,3)6-8/h8,10H,4-7H2,1-3H3. The van der Waals surface area contributed by atoms with E-state index in [0.717, 1.165) is 5.92 Å². The van der Waals surface area contributed by atoms with Gasteiger partial charge in [0.15, 0.2) is 0 Å². The Morgan fingerprint density at radius 3 is 2.80 bits per heavy atom. The summed E-state index contributed by atoms with van der Waals surface area (Å²) < 4.78 is 0. The van der Waals surface area contributed by atoms with E-state index in [4.69, 9.17) is 0 Å². The zero-order valence-electron chi connectivity index (χ0n) is 7.41. The molecule has 0 saturated carbocycles. The van der Waals surface area contributed by atoms with Gasteiger partial charge >= 0.3 is 0 Å². The molecule has 60 valence electrons. The molecule has 1 fully saturated rings. The highest BCUT2D eigenvalue weighted by Gasteiger charge is 2.22. The van der Waals surface area contributed by atoms with E-state index in [1.807, 2.05) is 0 Å². The van der Waals surface area contributed by atoms with Crippen LogP contribution in [-0.4, -0.2) is 13.1 Å². The zero-order valence-corrected chi connectivity index (χ0v) is 7.41. The lowest BCUT2D eigenvalue weighted by Crippen LogP contribution is -2.26. The molecule has 0 aliphatic carbocycles. The molecule has 0 aromatic carbocycles. The van der Waals surface area contributed by atoms with E-state index in [1.165, 1.54) is 25.9 Å². The molecule has 1 nitrogen and oxygen atoms in total. The lowest BCUT2D eigenvalue weighted by Gasteiger charge is -2.23. The van der Waals surface area contributed by atoms with Crippen LogP contribution in [0.2, 0.25) is 0 Å². The minimum Gasteiger partial charge on any atom is -0.316 e. The second-order valence-electron chi connectivity index (χ2n) is 4.44. The highest BCUT2D eigenvalue weighted by Crippen LogP contribution is 2.27. The smallest absolute Gasteiger partial charge is 0.000262 e. The number of rotatable bonds is 0. The Labute approximate surface area is 64.2 Å². The molecular formula is C9H19N. The van der Waals surface area contributed by atoms with Gasteiger partial charge in [0.2, 0.25) is 0 Å². The molecule has 1 aliphatic heterocycles. The average Bonchev–Trinajstić information content (AvgIpc) is 1.90. The van der Waals surface area contributed by atoms with Crippen LogP contribution in [-0.2, 0) is 0 Å². The maximum atomic E-state index is 3.47. The van der Waals surface area contributed by atoms with Crippen LogP contribution in [0.5, 0.6) is 0 Å². The van der Waals surface area contributed by atoms with Gasteiger partial charge in [0.1, 0.15) is 0 Å². The molecular weight excluding hydrogens is 122 g/mol. The Morgan fingerprint density at radius 2 is 2.10 bits per heavy atom. The molecule has 0 spiro atoms. The first kappa shape index (κ1) is 8.06. The molecule has 10 heavy (non-hydrogen) atoms. The zero-order chi connectivity index (χ0) is 7.61. The summed E-state index contributed by atoms with van der Waals surface area (Å²) in [5.41, 5.74) is 0.524. The van der Waals surface area contributed by atoms with Crippen LogP contribution in [0.25, 0.3) is 0 Å². The first-order valence-electron chi connectivity index (χ1n) is 4.31. The van der Waals surface area contributed by atoms with Gasteiger partial charge in [-0.2, -0.15) is 0 Å². The quantitative estimate of drug-likeness (QED) is 0.544. The maximum Gasteiger partial charge on any atom is 0.000262 e. The Balaban J connectivity index is 2.46. The van der Waals surface area contributed by atoms with Crippen molar-refractivity contribution in [1.29, 1.82) is 0 Å². The van der Waals surface area contributed by atoms with Crippen molar-refractivity contribution in [3.05, 3.63) is 0 Å². The van der Waals surface area contributed by atoms with Crippen molar-refractivity contribution in [1.82, 2.24) is 5.32 Å². The second-order valence-corrected chi connectivity index (χ2v) is 4.44. The molecule has 1 unspecified atom stereocenters. The summed E-state index contributed by atoms with van der Waals surface area (Å²) in [6, 6.07) is 0. The molecule has 1 heterocycles. The van der Waals surface area contributed by atoms with E-state index >= 15 is 0 Å². The SMILES string of the molecule is CC1CCNCC(C)(C)C1. The fraction of sp³-hybridized carbons (Fsp3) is 1.00. The highest BCUT2D eigenvalue weighted by molar-refractivity contribution is 4.77. The Hall–Kier alpha value is -0.0400. The molecule has 1 aliphatic rings. The van der Waals surface area contributed by atoms with Gasteiger partial charge in [0.25, 0.3) is 0 Å². The van der Waals surface area contributed by atoms with Gasteiger partial charge in [-0.25, -0.2) is 0 Å². The van der Waals surface area contributed by atoms with Crippen molar-refractivity contribution in [3.63, 3.8) is 0 Å². The molecule has 0 aromatic rings. The molecule has 0 radical (unpaired) electrons. The number of nitrogens with one attached hydrogen (secondary N) is 1. The Kier molecular flexibility index (Phi) is 2.35. The summed E-state index contributed by atoms with van der Waals surface area (Å²) >= 11 is 0. The first-order valence-corrected chi connectivity index (χ1v) is 4.31. The van der Waals surface area contributed by atoms with Crippen LogP contribution >= 0.6 is 0 Å². The van der Waals surface area contributed by atoms with Gasteiger partial charge in [-0.15, -0.1) is 0 Å². The van der Waals surface area contributed by atoms with Crippen molar-refractivity contribution in [2.75, 3.05) is 13.1 Å². The maximum absolute atomic E-state index is 3.47. The summed E-state index contributed by atoms with van der Waals surface area (Å²) in [6.45, 7) is 9.46. The van der Waals surface area contributed by atoms with Gasteiger partial charge in [0.05, 0.1) is 0 Å². The third-order valence-electron chi connectivity index (χ3n) is 2.32. The van der Waals surface area contributed by atoms with Crippen molar-refractivity contribution in [2.24, 2.45) is 11.3 Å². The molecule has 1 heteroatoms. The lowest BCUT2D eigenvalue weighted by atomic mass is 9.84. The van der Waals surface area contributed by atoms with Gasteiger partial charge in [0, 0.05) is 6.54 Å². The lowest BCUT2D eigenvalue weighted by molar-refractivity contribution is 0.295. The predicted octanol–water partition coefficient (Wildman–Crippen LogP) is 2.03. The van der Waals surface area contributed by atoms with E-state index in [1.54, 1.807) is 0 Å². The summed E-state index contributed by atoms with van der Waals surface area (Å²) in [5, 5.41) is 3.47. The number of hydrogen-bond acceptors (Lipinski definition) is 1. The van der Waals surface area contributed by atoms with E-state index in [9.17, 15) is 0 Å². The highest BCUT2D eigenvalue weighted by atomic mass is 14.9. The van der Waals surface area contributed by atoms with Crippen LogP contribution in [0.15, 0.2) is 0 Å². The topological polar surface area (TPSA) is 12.0 Å². The Morgan fingerprint density at radius 1 is 1.40 bits per heavy atom. The molecule has 0 aromatic heterocycles. The van der Waals surface area contributed by atoms with E-state index in [0.29, 0.717) is 5.41 Å². The van der Waals surface area contributed by atoms with Gasteiger partial charge in [-0.1, -0.05) is 20.8 Å². The van der Waals surface area contributed by atoms with Crippen LogP contribution in [0.3, 0.4) is 0 Å². The number of hydrogen-bond donors (Lipinski definition) is 1. The third-order valence-corrected chi connectivity index (χ3v) is 2.32. The van der Waals surface area contributed by atoms with E-state index in [-0.39, 0.29) is 0 Å². The van der Waals surface area contributed by atoms with Crippen LogP contribution in [0.4, 0.5) is 0 Å². The average molecular weight is 141 g/mol. The normalized spacial score (nSPS) is 33.3. The largest absolute Gasteiger partial charge is 0.316 e. The van der Waals surface area contributed by atoms with Crippen molar-refractivity contribution < 1.29 is 0 Å². The van der Waals surface area contributed by atoms with Crippen LogP contribution in [0.1, 0.15) is 33.6 Å². The van der Waals surface area contributed by atoms with Crippen LogP contribution < -0.4 is 5.32 Å². The van der Waals surface area contributed by atoms with E-state index in [2.05, 4.69) is 26.1 Å². The fourth-order valence-electron chi connectivity index (χ4n) is 1.89.